The Hall–Kier alpha value is -1.83. The number of benzene rings is 2. The molecule has 0 fully saturated rings. The number of unbranched alkanes of at least 4 members (excludes halogenated alkanes) is 1. The minimum absolute atomic E-state index is 0.140. The first-order chi connectivity index (χ1) is 9.69. The van der Waals surface area contributed by atoms with Crippen molar-refractivity contribution in [3.8, 4) is 0 Å². The van der Waals surface area contributed by atoms with Crippen LogP contribution >= 0.6 is 0 Å². The van der Waals surface area contributed by atoms with Crippen molar-refractivity contribution < 1.29 is 4.39 Å². The second-order valence-electron chi connectivity index (χ2n) is 5.24. The van der Waals surface area contributed by atoms with E-state index in [9.17, 15) is 4.39 Å². The summed E-state index contributed by atoms with van der Waals surface area (Å²) in [7, 11) is 0. The summed E-state index contributed by atoms with van der Waals surface area (Å²) < 4.78 is 13.4. The number of nitrogens with one attached hydrogen (secondary N) is 1. The summed E-state index contributed by atoms with van der Waals surface area (Å²) in [6.45, 7) is 4.63. The highest BCUT2D eigenvalue weighted by atomic mass is 19.1. The summed E-state index contributed by atoms with van der Waals surface area (Å²) in [6.07, 6.45) is 3.59. The molecule has 2 aromatic rings. The highest BCUT2D eigenvalue weighted by Gasteiger charge is 2.00. The Morgan fingerprint density at radius 1 is 1.00 bits per heavy atom. The molecular weight excluding hydrogens is 249 g/mol. The Labute approximate surface area is 120 Å². The quantitative estimate of drug-likeness (QED) is 0.771. The van der Waals surface area contributed by atoms with Gasteiger partial charge in [0.2, 0.25) is 0 Å². The zero-order valence-corrected chi connectivity index (χ0v) is 12.2. The van der Waals surface area contributed by atoms with E-state index >= 15 is 0 Å². The molecule has 0 atom stereocenters. The van der Waals surface area contributed by atoms with Gasteiger partial charge in [0.1, 0.15) is 5.82 Å². The predicted octanol–water partition coefficient (Wildman–Crippen LogP) is 5.09. The molecule has 0 aromatic heterocycles. The van der Waals surface area contributed by atoms with Crippen molar-refractivity contribution >= 4 is 5.69 Å². The van der Waals surface area contributed by atoms with Crippen LogP contribution in [0.25, 0.3) is 0 Å². The molecule has 0 saturated carbocycles. The predicted molar refractivity (Wildman–Crippen MR) is 83.5 cm³/mol. The Morgan fingerprint density at radius 3 is 2.35 bits per heavy atom. The molecule has 0 heterocycles. The number of hydrogen-bond donors (Lipinski definition) is 1. The average molecular weight is 271 g/mol. The SMILES string of the molecule is CCCCc1ccc(NCc2ccc(C)c(F)c2)cc1. The van der Waals surface area contributed by atoms with Gasteiger partial charge in [-0.1, -0.05) is 37.6 Å². The van der Waals surface area contributed by atoms with Crippen LogP contribution in [0.1, 0.15) is 36.5 Å². The maximum Gasteiger partial charge on any atom is 0.126 e. The van der Waals surface area contributed by atoms with E-state index < -0.39 is 0 Å². The fraction of sp³-hybridized carbons (Fsp3) is 0.333. The summed E-state index contributed by atoms with van der Waals surface area (Å²) in [5.74, 6) is -0.140. The smallest absolute Gasteiger partial charge is 0.126 e. The Morgan fingerprint density at radius 2 is 1.70 bits per heavy atom. The van der Waals surface area contributed by atoms with Gasteiger partial charge in [-0.3, -0.25) is 0 Å². The average Bonchev–Trinajstić information content (AvgIpc) is 2.47. The van der Waals surface area contributed by atoms with Crippen LogP contribution in [0.15, 0.2) is 42.5 Å². The molecule has 2 rings (SSSR count). The van der Waals surface area contributed by atoms with E-state index in [4.69, 9.17) is 0 Å². The number of anilines is 1. The summed E-state index contributed by atoms with van der Waals surface area (Å²) in [4.78, 5) is 0. The standard InChI is InChI=1S/C18H22FN/c1-3-4-5-15-8-10-17(11-9-15)20-13-16-7-6-14(2)18(19)12-16/h6-12,20H,3-5,13H2,1-2H3. The van der Waals surface area contributed by atoms with Gasteiger partial charge in [0, 0.05) is 12.2 Å². The molecule has 2 aromatic carbocycles. The van der Waals surface area contributed by atoms with Gasteiger partial charge in [0.15, 0.2) is 0 Å². The number of rotatable bonds is 6. The second-order valence-corrected chi connectivity index (χ2v) is 5.24. The topological polar surface area (TPSA) is 12.0 Å². The summed E-state index contributed by atoms with van der Waals surface area (Å²) in [6, 6.07) is 13.9. The normalized spacial score (nSPS) is 10.6. The van der Waals surface area contributed by atoms with Gasteiger partial charge in [0.05, 0.1) is 0 Å². The molecule has 20 heavy (non-hydrogen) atoms. The lowest BCUT2D eigenvalue weighted by atomic mass is 10.1. The molecule has 1 nitrogen and oxygen atoms in total. The second kappa shape index (κ2) is 7.09. The first-order valence-electron chi connectivity index (χ1n) is 7.27. The van der Waals surface area contributed by atoms with Crippen LogP contribution in [0.3, 0.4) is 0 Å². The van der Waals surface area contributed by atoms with E-state index in [1.165, 1.54) is 18.4 Å². The number of hydrogen-bond acceptors (Lipinski definition) is 1. The molecular formula is C18H22FN. The van der Waals surface area contributed by atoms with Crippen molar-refractivity contribution in [3.63, 3.8) is 0 Å². The zero-order valence-electron chi connectivity index (χ0n) is 12.2. The van der Waals surface area contributed by atoms with Crippen LogP contribution < -0.4 is 5.32 Å². The van der Waals surface area contributed by atoms with E-state index in [-0.39, 0.29) is 5.82 Å². The highest BCUT2D eigenvalue weighted by molar-refractivity contribution is 5.45. The number of halogens is 1. The molecule has 0 amide bonds. The third-order valence-electron chi connectivity index (χ3n) is 3.51. The van der Waals surface area contributed by atoms with E-state index in [1.54, 1.807) is 13.0 Å². The molecule has 0 radical (unpaired) electrons. The van der Waals surface area contributed by atoms with Crippen LogP contribution in [0.2, 0.25) is 0 Å². The van der Waals surface area contributed by atoms with Gasteiger partial charge in [-0.05, 0) is 54.7 Å². The van der Waals surface area contributed by atoms with Crippen LogP contribution in [0.5, 0.6) is 0 Å². The highest BCUT2D eigenvalue weighted by Crippen LogP contribution is 2.14. The van der Waals surface area contributed by atoms with E-state index in [0.717, 1.165) is 17.7 Å². The maximum absolute atomic E-state index is 13.4. The molecule has 0 aliphatic rings. The fourth-order valence-electron chi connectivity index (χ4n) is 2.12. The molecule has 0 unspecified atom stereocenters. The molecule has 2 heteroatoms. The maximum atomic E-state index is 13.4. The molecule has 1 N–H and O–H groups in total. The lowest BCUT2D eigenvalue weighted by Gasteiger charge is -2.08. The van der Waals surface area contributed by atoms with E-state index in [1.807, 2.05) is 12.1 Å². The van der Waals surface area contributed by atoms with Gasteiger partial charge in [0.25, 0.3) is 0 Å². The minimum Gasteiger partial charge on any atom is -0.381 e. The third-order valence-corrected chi connectivity index (χ3v) is 3.51. The Kier molecular flexibility index (Phi) is 5.16. The number of aryl methyl sites for hydroxylation is 2. The largest absolute Gasteiger partial charge is 0.381 e. The first-order valence-corrected chi connectivity index (χ1v) is 7.27. The third kappa shape index (κ3) is 4.09. The monoisotopic (exact) mass is 271 g/mol. The van der Waals surface area contributed by atoms with Crippen LogP contribution in [0, 0.1) is 12.7 Å². The molecule has 0 spiro atoms. The molecule has 0 aliphatic carbocycles. The molecule has 0 bridgehead atoms. The van der Waals surface area contributed by atoms with Crippen LogP contribution in [-0.2, 0) is 13.0 Å². The van der Waals surface area contributed by atoms with Crippen molar-refractivity contribution in [2.75, 3.05) is 5.32 Å². The van der Waals surface area contributed by atoms with Crippen LogP contribution in [0.4, 0.5) is 10.1 Å². The summed E-state index contributed by atoms with van der Waals surface area (Å²) in [5, 5.41) is 3.32. The van der Waals surface area contributed by atoms with E-state index in [2.05, 4.69) is 36.5 Å². The van der Waals surface area contributed by atoms with Gasteiger partial charge in [-0.15, -0.1) is 0 Å². The molecule has 0 saturated heterocycles. The summed E-state index contributed by atoms with van der Waals surface area (Å²) >= 11 is 0. The van der Waals surface area contributed by atoms with Gasteiger partial charge >= 0.3 is 0 Å². The van der Waals surface area contributed by atoms with Crippen molar-refractivity contribution in [2.24, 2.45) is 0 Å². The lowest BCUT2D eigenvalue weighted by molar-refractivity contribution is 0.616. The fourth-order valence-corrected chi connectivity index (χ4v) is 2.12. The molecule has 106 valence electrons. The first kappa shape index (κ1) is 14.6. The Bertz CT molecular complexity index is 546. The van der Waals surface area contributed by atoms with Crippen molar-refractivity contribution in [3.05, 3.63) is 65.0 Å². The Balaban J connectivity index is 1.91. The zero-order chi connectivity index (χ0) is 14.4. The van der Waals surface area contributed by atoms with Gasteiger partial charge in [-0.2, -0.15) is 0 Å². The lowest BCUT2D eigenvalue weighted by Crippen LogP contribution is -2.00. The van der Waals surface area contributed by atoms with Crippen molar-refractivity contribution in [2.45, 2.75) is 39.7 Å². The van der Waals surface area contributed by atoms with Gasteiger partial charge in [-0.25, -0.2) is 4.39 Å². The van der Waals surface area contributed by atoms with E-state index in [0.29, 0.717) is 12.1 Å². The van der Waals surface area contributed by atoms with Crippen LogP contribution in [-0.4, -0.2) is 0 Å². The molecule has 0 aliphatic heterocycles. The van der Waals surface area contributed by atoms with Crippen molar-refractivity contribution in [1.82, 2.24) is 0 Å². The van der Waals surface area contributed by atoms with Crippen molar-refractivity contribution in [1.29, 1.82) is 0 Å². The van der Waals surface area contributed by atoms with Gasteiger partial charge < -0.3 is 5.32 Å². The summed E-state index contributed by atoms with van der Waals surface area (Å²) in [5.41, 5.74) is 4.10. The minimum atomic E-state index is -0.140.